The van der Waals surface area contributed by atoms with E-state index in [0.29, 0.717) is 0 Å². The van der Waals surface area contributed by atoms with Crippen molar-refractivity contribution in [1.29, 1.82) is 0 Å². The third-order valence-electron chi connectivity index (χ3n) is 3.99. The molecule has 110 valence electrons. The predicted octanol–water partition coefficient (Wildman–Crippen LogP) is 4.15. The van der Waals surface area contributed by atoms with Crippen LogP contribution in [0.4, 0.5) is 0 Å². The summed E-state index contributed by atoms with van der Waals surface area (Å²) in [6.45, 7) is 0. The summed E-state index contributed by atoms with van der Waals surface area (Å²) in [7, 11) is 0. The Morgan fingerprint density at radius 3 is 2.39 bits per heavy atom. The SMILES string of the molecule is O=C(O)c1ccc2c(c1)cc(-c1ccncc1)c1ccncc12. The number of benzene rings is 2. The van der Waals surface area contributed by atoms with Crippen LogP contribution in [0.2, 0.25) is 0 Å². The first-order valence-electron chi connectivity index (χ1n) is 7.18. The smallest absolute Gasteiger partial charge is 0.335 e. The Morgan fingerprint density at radius 1 is 0.826 bits per heavy atom. The van der Waals surface area contributed by atoms with Crippen molar-refractivity contribution >= 4 is 27.5 Å². The summed E-state index contributed by atoms with van der Waals surface area (Å²) in [4.78, 5) is 19.5. The number of carbonyl (C=O) groups is 1. The van der Waals surface area contributed by atoms with E-state index in [9.17, 15) is 9.90 Å². The number of pyridine rings is 2. The van der Waals surface area contributed by atoms with Crippen molar-refractivity contribution in [1.82, 2.24) is 9.97 Å². The van der Waals surface area contributed by atoms with Gasteiger partial charge in [0.2, 0.25) is 0 Å². The van der Waals surface area contributed by atoms with Gasteiger partial charge in [0, 0.05) is 30.2 Å². The van der Waals surface area contributed by atoms with Crippen LogP contribution in [0.5, 0.6) is 0 Å². The lowest BCUT2D eigenvalue weighted by Crippen LogP contribution is -1.95. The summed E-state index contributed by atoms with van der Waals surface area (Å²) in [5.74, 6) is -0.927. The third kappa shape index (κ3) is 2.21. The van der Waals surface area contributed by atoms with Crippen LogP contribution < -0.4 is 0 Å². The number of nitrogens with zero attached hydrogens (tertiary/aromatic N) is 2. The molecular weight excluding hydrogens is 288 g/mol. The Balaban J connectivity index is 2.13. The fraction of sp³-hybridized carbons (Fsp3) is 0. The second kappa shape index (κ2) is 5.18. The average molecular weight is 300 g/mol. The number of carboxylic acids is 1. The molecule has 0 bridgehead atoms. The minimum absolute atomic E-state index is 0.279. The first-order chi connectivity index (χ1) is 11.2. The average Bonchev–Trinajstić information content (AvgIpc) is 2.61. The fourth-order valence-electron chi connectivity index (χ4n) is 2.91. The van der Waals surface area contributed by atoms with E-state index in [1.165, 1.54) is 0 Å². The van der Waals surface area contributed by atoms with Crippen molar-refractivity contribution in [3.63, 3.8) is 0 Å². The number of aromatic carboxylic acids is 1. The van der Waals surface area contributed by atoms with Crippen molar-refractivity contribution in [3.05, 3.63) is 72.8 Å². The molecule has 4 aromatic rings. The molecule has 0 unspecified atom stereocenters. The van der Waals surface area contributed by atoms with Gasteiger partial charge in [-0.3, -0.25) is 9.97 Å². The highest BCUT2D eigenvalue weighted by Gasteiger charge is 2.11. The minimum Gasteiger partial charge on any atom is -0.478 e. The first-order valence-corrected chi connectivity index (χ1v) is 7.18. The molecule has 0 aliphatic heterocycles. The van der Waals surface area contributed by atoms with Gasteiger partial charge in [0.05, 0.1) is 5.56 Å². The lowest BCUT2D eigenvalue weighted by atomic mass is 9.94. The highest BCUT2D eigenvalue weighted by atomic mass is 16.4. The molecule has 2 aromatic carbocycles. The molecule has 0 aliphatic rings. The normalized spacial score (nSPS) is 11.0. The molecule has 4 heteroatoms. The maximum absolute atomic E-state index is 11.2. The topological polar surface area (TPSA) is 63.1 Å². The van der Waals surface area contributed by atoms with Gasteiger partial charge in [0.15, 0.2) is 0 Å². The van der Waals surface area contributed by atoms with Gasteiger partial charge in [-0.15, -0.1) is 0 Å². The van der Waals surface area contributed by atoms with E-state index in [1.807, 2.05) is 36.5 Å². The zero-order chi connectivity index (χ0) is 15.8. The number of fused-ring (bicyclic) bond motifs is 3. The van der Waals surface area contributed by atoms with Crippen molar-refractivity contribution in [2.75, 3.05) is 0 Å². The molecule has 0 aliphatic carbocycles. The molecule has 0 amide bonds. The highest BCUT2D eigenvalue weighted by molar-refractivity contribution is 6.14. The van der Waals surface area contributed by atoms with E-state index in [0.717, 1.165) is 32.7 Å². The predicted molar refractivity (Wildman–Crippen MR) is 89.4 cm³/mol. The van der Waals surface area contributed by atoms with Crippen LogP contribution in [0, 0.1) is 0 Å². The van der Waals surface area contributed by atoms with Crippen LogP contribution >= 0.6 is 0 Å². The number of hydrogen-bond donors (Lipinski definition) is 1. The van der Waals surface area contributed by atoms with Crippen molar-refractivity contribution in [2.45, 2.75) is 0 Å². The molecule has 2 heterocycles. The Hall–Kier alpha value is -3.27. The zero-order valence-electron chi connectivity index (χ0n) is 12.1. The molecule has 2 aromatic heterocycles. The minimum atomic E-state index is -0.927. The summed E-state index contributed by atoms with van der Waals surface area (Å²) in [5, 5.41) is 13.2. The van der Waals surface area contributed by atoms with Gasteiger partial charge in [-0.1, -0.05) is 6.07 Å². The van der Waals surface area contributed by atoms with Gasteiger partial charge in [0.1, 0.15) is 0 Å². The lowest BCUT2D eigenvalue weighted by molar-refractivity contribution is 0.0697. The molecule has 4 nitrogen and oxygen atoms in total. The Morgan fingerprint density at radius 2 is 1.61 bits per heavy atom. The van der Waals surface area contributed by atoms with Gasteiger partial charge in [0.25, 0.3) is 0 Å². The second-order valence-electron chi connectivity index (χ2n) is 5.32. The summed E-state index contributed by atoms with van der Waals surface area (Å²) >= 11 is 0. The fourth-order valence-corrected chi connectivity index (χ4v) is 2.91. The molecule has 0 atom stereocenters. The maximum atomic E-state index is 11.2. The second-order valence-corrected chi connectivity index (χ2v) is 5.32. The largest absolute Gasteiger partial charge is 0.478 e. The quantitative estimate of drug-likeness (QED) is 0.565. The molecular formula is C19H12N2O2. The molecule has 0 spiro atoms. The lowest BCUT2D eigenvalue weighted by Gasteiger charge is -2.11. The van der Waals surface area contributed by atoms with Crippen molar-refractivity contribution in [2.24, 2.45) is 0 Å². The molecule has 0 fully saturated rings. The molecule has 1 N–H and O–H groups in total. The molecule has 4 rings (SSSR count). The molecule has 23 heavy (non-hydrogen) atoms. The highest BCUT2D eigenvalue weighted by Crippen LogP contribution is 2.34. The number of rotatable bonds is 2. The summed E-state index contributed by atoms with van der Waals surface area (Å²) in [6.07, 6.45) is 7.09. The first kappa shape index (κ1) is 13.4. The van der Waals surface area contributed by atoms with Crippen LogP contribution in [0.25, 0.3) is 32.7 Å². The molecule has 0 radical (unpaired) electrons. The van der Waals surface area contributed by atoms with E-state index in [2.05, 4.69) is 9.97 Å². The Kier molecular flexibility index (Phi) is 3.01. The Labute approximate surface area is 132 Å². The van der Waals surface area contributed by atoms with E-state index >= 15 is 0 Å². The van der Waals surface area contributed by atoms with Gasteiger partial charge < -0.3 is 5.11 Å². The van der Waals surface area contributed by atoms with Crippen LogP contribution in [0.1, 0.15) is 10.4 Å². The monoisotopic (exact) mass is 300 g/mol. The molecule has 0 saturated heterocycles. The Bertz CT molecular complexity index is 1040. The van der Waals surface area contributed by atoms with Gasteiger partial charge >= 0.3 is 5.97 Å². The van der Waals surface area contributed by atoms with Crippen LogP contribution in [0.15, 0.2) is 67.3 Å². The summed E-state index contributed by atoms with van der Waals surface area (Å²) in [5.41, 5.74) is 2.36. The number of hydrogen-bond acceptors (Lipinski definition) is 3. The van der Waals surface area contributed by atoms with Crippen molar-refractivity contribution < 1.29 is 9.90 Å². The molecule has 0 saturated carbocycles. The maximum Gasteiger partial charge on any atom is 0.335 e. The van der Waals surface area contributed by atoms with E-state index < -0.39 is 5.97 Å². The number of carboxylic acid groups (broad SMARTS) is 1. The van der Waals surface area contributed by atoms with Crippen molar-refractivity contribution in [3.8, 4) is 11.1 Å². The standard InChI is InChI=1S/C19H12N2O2/c22-19(23)13-1-2-15-14(9-13)10-17(12-3-6-20-7-4-12)16-5-8-21-11-18(15)16/h1-11H,(H,22,23). The van der Waals surface area contributed by atoms with Gasteiger partial charge in [-0.2, -0.15) is 0 Å². The third-order valence-corrected chi connectivity index (χ3v) is 3.99. The van der Waals surface area contributed by atoms with Crippen LogP contribution in [0.3, 0.4) is 0 Å². The van der Waals surface area contributed by atoms with Gasteiger partial charge in [-0.05, 0) is 63.7 Å². The van der Waals surface area contributed by atoms with E-state index in [4.69, 9.17) is 0 Å². The van der Waals surface area contributed by atoms with E-state index in [-0.39, 0.29) is 5.56 Å². The summed E-state index contributed by atoms with van der Waals surface area (Å²) < 4.78 is 0. The van der Waals surface area contributed by atoms with Crippen LogP contribution in [-0.2, 0) is 0 Å². The van der Waals surface area contributed by atoms with E-state index in [1.54, 1.807) is 30.7 Å². The van der Waals surface area contributed by atoms with Crippen LogP contribution in [-0.4, -0.2) is 21.0 Å². The number of aromatic nitrogens is 2. The zero-order valence-corrected chi connectivity index (χ0v) is 12.1. The van der Waals surface area contributed by atoms with Gasteiger partial charge in [-0.25, -0.2) is 4.79 Å². The summed E-state index contributed by atoms with van der Waals surface area (Å²) in [6, 6.07) is 13.1.